The molecule has 0 spiro atoms. The van der Waals surface area contributed by atoms with E-state index in [4.69, 9.17) is 4.74 Å². The number of hydrogen-bond acceptors (Lipinski definition) is 2. The fourth-order valence-electron chi connectivity index (χ4n) is 2.12. The molecule has 1 rings (SSSR count). The molecule has 4 nitrogen and oxygen atoms in total. The first-order valence-corrected chi connectivity index (χ1v) is 7.14. The van der Waals surface area contributed by atoms with Crippen LogP contribution in [0.2, 0.25) is 0 Å². The van der Waals surface area contributed by atoms with Gasteiger partial charge in [0.2, 0.25) is 0 Å². The number of anilines is 1. The number of carbonyl (C=O) groups is 1. The monoisotopic (exact) mass is 278 g/mol. The molecule has 1 aromatic rings. The summed E-state index contributed by atoms with van der Waals surface area (Å²) in [6.45, 7) is 9.54. The van der Waals surface area contributed by atoms with Gasteiger partial charge in [-0.1, -0.05) is 45.9 Å². The highest BCUT2D eigenvalue weighted by Gasteiger charge is 2.15. The Morgan fingerprint density at radius 3 is 2.15 bits per heavy atom. The van der Waals surface area contributed by atoms with Crippen LogP contribution in [-0.2, 0) is 4.74 Å². The molecule has 0 aliphatic carbocycles. The maximum Gasteiger partial charge on any atom is 0.319 e. The van der Waals surface area contributed by atoms with Gasteiger partial charge in [-0.3, -0.25) is 0 Å². The molecule has 0 atom stereocenters. The summed E-state index contributed by atoms with van der Waals surface area (Å²) in [6.07, 6.45) is 0. The van der Waals surface area contributed by atoms with Crippen LogP contribution in [0.15, 0.2) is 18.2 Å². The summed E-state index contributed by atoms with van der Waals surface area (Å²) in [5.74, 6) is 0.728. The number of urea groups is 1. The average Bonchev–Trinajstić information content (AvgIpc) is 2.38. The molecule has 2 N–H and O–H groups in total. The first-order valence-electron chi connectivity index (χ1n) is 7.14. The van der Waals surface area contributed by atoms with Crippen molar-refractivity contribution in [2.45, 2.75) is 39.5 Å². The molecule has 0 aliphatic rings. The van der Waals surface area contributed by atoms with Crippen molar-refractivity contribution < 1.29 is 9.53 Å². The lowest BCUT2D eigenvalue weighted by Crippen LogP contribution is -2.32. The van der Waals surface area contributed by atoms with E-state index in [1.165, 1.54) is 0 Å². The fraction of sp³-hybridized carbons (Fsp3) is 0.562. The van der Waals surface area contributed by atoms with Gasteiger partial charge in [0, 0.05) is 19.3 Å². The summed E-state index contributed by atoms with van der Waals surface area (Å²) in [5, 5.41) is 5.78. The summed E-state index contributed by atoms with van der Waals surface area (Å²) in [5.41, 5.74) is 3.27. The van der Waals surface area contributed by atoms with Crippen molar-refractivity contribution in [3.05, 3.63) is 29.3 Å². The van der Waals surface area contributed by atoms with Gasteiger partial charge in [0.15, 0.2) is 0 Å². The zero-order chi connectivity index (χ0) is 15.1. The largest absolute Gasteiger partial charge is 0.383 e. The van der Waals surface area contributed by atoms with Gasteiger partial charge in [-0.05, 0) is 23.0 Å². The molecule has 2 amide bonds. The summed E-state index contributed by atoms with van der Waals surface area (Å²) < 4.78 is 4.92. The van der Waals surface area contributed by atoms with E-state index in [0.29, 0.717) is 25.0 Å². The summed E-state index contributed by atoms with van der Waals surface area (Å²) in [7, 11) is 1.62. The molecule has 0 aliphatic heterocycles. The fourth-order valence-corrected chi connectivity index (χ4v) is 2.12. The molecule has 20 heavy (non-hydrogen) atoms. The van der Waals surface area contributed by atoms with E-state index in [2.05, 4.69) is 56.5 Å². The number of methoxy groups -OCH3 is 1. The summed E-state index contributed by atoms with van der Waals surface area (Å²) in [4.78, 5) is 12.0. The third-order valence-corrected chi connectivity index (χ3v) is 3.20. The Balaban J connectivity index is 2.93. The van der Waals surface area contributed by atoms with Crippen LogP contribution in [0.1, 0.15) is 50.7 Å². The molecule has 0 aromatic heterocycles. The van der Waals surface area contributed by atoms with Crippen molar-refractivity contribution >= 4 is 11.7 Å². The zero-order valence-electron chi connectivity index (χ0n) is 13.1. The SMILES string of the molecule is COCCNC(=O)Nc1c(C(C)C)cccc1C(C)C. The zero-order valence-corrected chi connectivity index (χ0v) is 13.1. The van der Waals surface area contributed by atoms with Gasteiger partial charge >= 0.3 is 6.03 Å². The van der Waals surface area contributed by atoms with E-state index in [1.807, 2.05) is 0 Å². The van der Waals surface area contributed by atoms with Crippen LogP contribution in [0.4, 0.5) is 10.5 Å². The van der Waals surface area contributed by atoms with E-state index in [-0.39, 0.29) is 6.03 Å². The molecule has 0 saturated heterocycles. The van der Waals surface area contributed by atoms with Gasteiger partial charge in [0.05, 0.1) is 6.61 Å². The second kappa shape index (κ2) is 7.90. The van der Waals surface area contributed by atoms with Crippen molar-refractivity contribution in [2.75, 3.05) is 25.6 Å². The number of nitrogens with one attached hydrogen (secondary N) is 2. The predicted molar refractivity (Wildman–Crippen MR) is 83.5 cm³/mol. The lowest BCUT2D eigenvalue weighted by molar-refractivity contribution is 0.198. The Kier molecular flexibility index (Phi) is 6.52. The van der Waals surface area contributed by atoms with Gasteiger partial charge in [-0.2, -0.15) is 0 Å². The Bertz CT molecular complexity index is 416. The van der Waals surface area contributed by atoms with Crippen molar-refractivity contribution in [2.24, 2.45) is 0 Å². The van der Waals surface area contributed by atoms with Gasteiger partial charge < -0.3 is 15.4 Å². The number of carbonyl (C=O) groups excluding carboxylic acids is 1. The minimum atomic E-state index is -0.183. The van der Waals surface area contributed by atoms with Gasteiger partial charge in [-0.25, -0.2) is 4.79 Å². The van der Waals surface area contributed by atoms with Gasteiger partial charge in [-0.15, -0.1) is 0 Å². The highest BCUT2D eigenvalue weighted by atomic mass is 16.5. The summed E-state index contributed by atoms with van der Waals surface area (Å²) in [6, 6.07) is 6.01. The normalized spacial score (nSPS) is 10.9. The van der Waals surface area contributed by atoms with E-state index in [0.717, 1.165) is 16.8 Å². The number of amides is 2. The predicted octanol–water partition coefficient (Wildman–Crippen LogP) is 3.70. The number of para-hydroxylation sites is 1. The quantitative estimate of drug-likeness (QED) is 0.779. The minimum Gasteiger partial charge on any atom is -0.383 e. The van der Waals surface area contributed by atoms with Crippen LogP contribution in [-0.4, -0.2) is 26.3 Å². The molecular weight excluding hydrogens is 252 g/mol. The highest BCUT2D eigenvalue weighted by Crippen LogP contribution is 2.32. The highest BCUT2D eigenvalue weighted by molar-refractivity contribution is 5.91. The minimum absolute atomic E-state index is 0.183. The maximum absolute atomic E-state index is 12.0. The van der Waals surface area contributed by atoms with Crippen molar-refractivity contribution in [3.8, 4) is 0 Å². The lowest BCUT2D eigenvalue weighted by atomic mass is 9.93. The number of rotatable bonds is 6. The smallest absolute Gasteiger partial charge is 0.319 e. The molecule has 0 bridgehead atoms. The Morgan fingerprint density at radius 2 is 1.70 bits per heavy atom. The maximum atomic E-state index is 12.0. The standard InChI is InChI=1S/C16H26N2O2/c1-11(2)13-7-6-8-14(12(3)4)15(13)18-16(19)17-9-10-20-5/h6-8,11-12H,9-10H2,1-5H3,(H2,17,18,19). The van der Waals surface area contributed by atoms with Crippen molar-refractivity contribution in [1.29, 1.82) is 0 Å². The van der Waals surface area contributed by atoms with Crippen LogP contribution in [0.5, 0.6) is 0 Å². The average molecular weight is 278 g/mol. The molecule has 0 heterocycles. The Morgan fingerprint density at radius 1 is 1.15 bits per heavy atom. The third-order valence-electron chi connectivity index (χ3n) is 3.20. The first-order chi connectivity index (χ1) is 9.47. The molecule has 0 fully saturated rings. The van der Waals surface area contributed by atoms with Crippen LogP contribution in [0.25, 0.3) is 0 Å². The molecule has 0 saturated carbocycles. The van der Waals surface area contributed by atoms with Crippen LogP contribution >= 0.6 is 0 Å². The van der Waals surface area contributed by atoms with E-state index in [1.54, 1.807) is 7.11 Å². The van der Waals surface area contributed by atoms with E-state index >= 15 is 0 Å². The summed E-state index contributed by atoms with van der Waals surface area (Å²) >= 11 is 0. The van der Waals surface area contributed by atoms with Gasteiger partial charge in [0.1, 0.15) is 0 Å². The molecular formula is C16H26N2O2. The number of ether oxygens (including phenoxy) is 1. The molecule has 1 aromatic carbocycles. The molecule has 4 heteroatoms. The van der Waals surface area contributed by atoms with Gasteiger partial charge in [0.25, 0.3) is 0 Å². The second-order valence-corrected chi connectivity index (χ2v) is 5.49. The second-order valence-electron chi connectivity index (χ2n) is 5.49. The number of benzene rings is 1. The van der Waals surface area contributed by atoms with Crippen LogP contribution in [0, 0.1) is 0 Å². The van der Waals surface area contributed by atoms with Crippen molar-refractivity contribution in [1.82, 2.24) is 5.32 Å². The molecule has 0 unspecified atom stereocenters. The van der Waals surface area contributed by atoms with Crippen LogP contribution in [0.3, 0.4) is 0 Å². The molecule has 112 valence electrons. The number of hydrogen-bond donors (Lipinski definition) is 2. The third kappa shape index (κ3) is 4.53. The molecule has 0 radical (unpaired) electrons. The van der Waals surface area contributed by atoms with Crippen LogP contribution < -0.4 is 10.6 Å². The van der Waals surface area contributed by atoms with Crippen molar-refractivity contribution in [3.63, 3.8) is 0 Å². The lowest BCUT2D eigenvalue weighted by Gasteiger charge is -2.20. The Hall–Kier alpha value is -1.55. The van der Waals surface area contributed by atoms with E-state index in [9.17, 15) is 4.79 Å². The van der Waals surface area contributed by atoms with E-state index < -0.39 is 0 Å². The Labute approximate surface area is 121 Å². The topological polar surface area (TPSA) is 50.4 Å². The first kappa shape index (κ1) is 16.5.